The molecule has 0 aliphatic heterocycles. The van der Waals surface area contributed by atoms with E-state index in [1.807, 2.05) is 13.8 Å². The topological polar surface area (TPSA) is 96.3 Å². The Morgan fingerprint density at radius 1 is 0.692 bits per heavy atom. The van der Waals surface area contributed by atoms with E-state index in [-0.39, 0.29) is 12.2 Å². The fourth-order valence-electron chi connectivity index (χ4n) is 3.32. The number of rotatable bonds is 6. The minimum Gasteiger partial charge on any atom is -0.482 e. The minimum absolute atomic E-state index is 0.308. The van der Waals surface area contributed by atoms with Gasteiger partial charge in [0.1, 0.15) is 12.2 Å². The van der Waals surface area contributed by atoms with Gasteiger partial charge in [-0.3, -0.25) is 0 Å². The summed E-state index contributed by atoms with van der Waals surface area (Å²) in [5.41, 5.74) is 13.0. The molecule has 4 rings (SSSR count). The zero-order valence-corrected chi connectivity index (χ0v) is 28.3. The van der Waals surface area contributed by atoms with Gasteiger partial charge in [0.2, 0.25) is 0 Å². The Balaban J connectivity index is 0.000000258. The van der Waals surface area contributed by atoms with E-state index in [1.165, 1.54) is 0 Å². The summed E-state index contributed by atoms with van der Waals surface area (Å²) in [7, 11) is 0. The van der Waals surface area contributed by atoms with Gasteiger partial charge in [-0.05, 0) is 72.2 Å². The standard InChI is InChI=1S/C13H11BrCl2N2O.C13H12Cl2N2O.Br2/c1-7(12-9(15)3-2-4-10(12)16)19-11-5-8(14)6-18-13(11)17;1-8(12-9(14)4-2-5-10(12)15)18-11-6-3-7-17-13(11)16;1-2/h2-7H,1H3,(H2,17,18);2-8H,1H3,(H2,16,17);. The van der Waals surface area contributed by atoms with E-state index in [1.54, 1.807) is 67.0 Å². The summed E-state index contributed by atoms with van der Waals surface area (Å²) in [5, 5.41) is 2.25. The average molecular weight is 805 g/mol. The molecule has 0 aliphatic carbocycles. The molecule has 0 fully saturated rings. The van der Waals surface area contributed by atoms with Crippen molar-refractivity contribution >= 4 is 102 Å². The van der Waals surface area contributed by atoms with Gasteiger partial charge in [-0.1, -0.05) is 58.5 Å². The number of aromatic nitrogens is 2. The maximum Gasteiger partial charge on any atom is 0.166 e. The van der Waals surface area contributed by atoms with Crippen LogP contribution in [0.5, 0.6) is 11.5 Å². The average Bonchev–Trinajstić information content (AvgIpc) is 2.89. The highest BCUT2D eigenvalue weighted by atomic mass is 80.9. The van der Waals surface area contributed by atoms with Crippen LogP contribution in [0.25, 0.3) is 0 Å². The van der Waals surface area contributed by atoms with Crippen LogP contribution in [0, 0.1) is 0 Å². The maximum absolute atomic E-state index is 6.14. The number of anilines is 2. The van der Waals surface area contributed by atoms with Crippen LogP contribution >= 0.6 is 90.6 Å². The number of halogens is 7. The highest BCUT2D eigenvalue weighted by Crippen LogP contribution is 2.35. The highest BCUT2D eigenvalue weighted by molar-refractivity contribution is 9.93. The highest BCUT2D eigenvalue weighted by Gasteiger charge is 2.17. The first-order chi connectivity index (χ1) is 18.6. The molecule has 2 unspecified atom stereocenters. The zero-order chi connectivity index (χ0) is 29.1. The van der Waals surface area contributed by atoms with E-state index in [0.717, 1.165) is 15.6 Å². The Bertz CT molecular complexity index is 1340. The third-order valence-corrected chi connectivity index (χ3v) is 6.82. The van der Waals surface area contributed by atoms with Crippen molar-refractivity contribution in [1.82, 2.24) is 9.97 Å². The fraction of sp³-hybridized carbons (Fsp3) is 0.154. The van der Waals surface area contributed by atoms with Crippen molar-refractivity contribution in [1.29, 1.82) is 0 Å². The molecule has 13 heteroatoms. The Morgan fingerprint density at radius 3 is 1.59 bits per heavy atom. The number of nitrogen functional groups attached to an aromatic ring is 2. The van der Waals surface area contributed by atoms with Gasteiger partial charge in [0.15, 0.2) is 23.1 Å². The first-order valence-corrected chi connectivity index (χ1v) is 17.1. The number of benzene rings is 2. The molecular formula is C26H23Br3Cl4N4O2. The van der Waals surface area contributed by atoms with Gasteiger partial charge in [0, 0.05) is 76.3 Å². The number of ether oxygens (including phenoxy) is 2. The number of hydrogen-bond acceptors (Lipinski definition) is 6. The molecule has 0 saturated carbocycles. The van der Waals surface area contributed by atoms with E-state index in [4.69, 9.17) is 67.3 Å². The summed E-state index contributed by atoms with van der Waals surface area (Å²) >= 11 is 33.3. The van der Waals surface area contributed by atoms with E-state index < -0.39 is 0 Å². The molecule has 0 saturated heterocycles. The molecule has 0 amide bonds. The van der Waals surface area contributed by atoms with Crippen LogP contribution in [0.15, 0.2) is 71.5 Å². The van der Waals surface area contributed by atoms with Gasteiger partial charge in [-0.25, -0.2) is 9.97 Å². The maximum atomic E-state index is 6.14. The van der Waals surface area contributed by atoms with Gasteiger partial charge in [-0.15, -0.1) is 0 Å². The number of hydrogen-bond donors (Lipinski definition) is 2. The third kappa shape index (κ3) is 9.85. The first kappa shape index (κ1) is 33.7. The number of nitrogens with two attached hydrogens (primary N) is 2. The van der Waals surface area contributed by atoms with Crippen molar-refractivity contribution < 1.29 is 9.47 Å². The lowest BCUT2D eigenvalue weighted by atomic mass is 10.1. The van der Waals surface area contributed by atoms with Crippen molar-refractivity contribution in [2.75, 3.05) is 11.5 Å². The van der Waals surface area contributed by atoms with Crippen molar-refractivity contribution in [3.05, 3.63) is 103 Å². The molecular weight excluding hydrogens is 782 g/mol. The fourth-order valence-corrected chi connectivity index (χ4v) is 5.04. The Kier molecular flexibility index (Phi) is 14.5. The van der Waals surface area contributed by atoms with E-state index in [9.17, 15) is 0 Å². The molecule has 4 N–H and O–H groups in total. The minimum atomic E-state index is -0.334. The molecule has 0 bridgehead atoms. The van der Waals surface area contributed by atoms with Crippen molar-refractivity contribution in [3.8, 4) is 11.5 Å². The predicted molar refractivity (Wildman–Crippen MR) is 174 cm³/mol. The lowest BCUT2D eigenvalue weighted by molar-refractivity contribution is 0.227. The SMILES string of the molecule is BrBr.CC(Oc1cc(Br)cnc1N)c1c(Cl)cccc1Cl.CC(Oc1cccnc1N)c1c(Cl)cccc1Cl. The molecule has 2 aromatic heterocycles. The van der Waals surface area contributed by atoms with Gasteiger partial charge in [0.25, 0.3) is 0 Å². The monoisotopic (exact) mass is 800 g/mol. The molecule has 4 aromatic rings. The van der Waals surface area contributed by atoms with E-state index >= 15 is 0 Å². The summed E-state index contributed by atoms with van der Waals surface area (Å²) in [4.78, 5) is 7.97. The van der Waals surface area contributed by atoms with E-state index in [2.05, 4.69) is 54.2 Å². The summed E-state index contributed by atoms with van der Waals surface area (Å²) in [6, 6.07) is 15.9. The van der Waals surface area contributed by atoms with Crippen LogP contribution in [-0.4, -0.2) is 9.97 Å². The Hall–Kier alpha value is -1.46. The van der Waals surface area contributed by atoms with Crippen molar-refractivity contribution in [3.63, 3.8) is 0 Å². The summed E-state index contributed by atoms with van der Waals surface area (Å²) in [6.07, 6.45) is 2.57. The molecule has 0 aliphatic rings. The van der Waals surface area contributed by atoms with Crippen LogP contribution in [-0.2, 0) is 0 Å². The van der Waals surface area contributed by atoms with E-state index in [0.29, 0.717) is 43.2 Å². The summed E-state index contributed by atoms with van der Waals surface area (Å²) in [5.74, 6) is 1.66. The van der Waals surface area contributed by atoms with Crippen LogP contribution in [0.3, 0.4) is 0 Å². The number of pyridine rings is 2. The smallest absolute Gasteiger partial charge is 0.166 e. The Morgan fingerprint density at radius 2 is 1.13 bits per heavy atom. The second-order valence-corrected chi connectivity index (χ2v) is 10.3. The quantitative estimate of drug-likeness (QED) is 0.202. The zero-order valence-electron chi connectivity index (χ0n) is 20.5. The van der Waals surface area contributed by atoms with Gasteiger partial charge < -0.3 is 20.9 Å². The van der Waals surface area contributed by atoms with Gasteiger partial charge in [-0.2, -0.15) is 0 Å². The molecule has 6 nitrogen and oxygen atoms in total. The molecule has 39 heavy (non-hydrogen) atoms. The summed E-state index contributed by atoms with van der Waals surface area (Å²) < 4.78 is 12.3. The second kappa shape index (κ2) is 16.7. The van der Waals surface area contributed by atoms with Crippen LogP contribution in [0.4, 0.5) is 11.6 Å². The largest absolute Gasteiger partial charge is 0.482 e. The molecule has 2 heterocycles. The van der Waals surface area contributed by atoms with Gasteiger partial charge >= 0.3 is 0 Å². The van der Waals surface area contributed by atoms with Crippen molar-refractivity contribution in [2.45, 2.75) is 26.1 Å². The predicted octanol–water partition coefficient (Wildman–Crippen LogP) is 10.7. The van der Waals surface area contributed by atoms with Gasteiger partial charge in [0.05, 0.1) is 0 Å². The number of nitrogens with zero attached hydrogens (tertiary/aromatic N) is 2. The van der Waals surface area contributed by atoms with Crippen molar-refractivity contribution in [2.24, 2.45) is 0 Å². The molecule has 2 aromatic carbocycles. The van der Waals surface area contributed by atoms with Crippen LogP contribution in [0.2, 0.25) is 20.1 Å². The second-order valence-electron chi connectivity index (χ2n) is 7.71. The molecule has 0 radical (unpaired) electrons. The Labute approximate surface area is 271 Å². The first-order valence-electron chi connectivity index (χ1n) is 11.0. The lowest BCUT2D eigenvalue weighted by Gasteiger charge is -2.18. The third-order valence-electron chi connectivity index (χ3n) is 5.07. The lowest BCUT2D eigenvalue weighted by Crippen LogP contribution is -2.07. The van der Waals surface area contributed by atoms with Crippen LogP contribution in [0.1, 0.15) is 37.2 Å². The summed E-state index contributed by atoms with van der Waals surface area (Å²) in [6.45, 7) is 3.72. The molecule has 0 spiro atoms. The molecule has 2 atom stereocenters. The van der Waals surface area contributed by atoms with Crippen LogP contribution < -0.4 is 20.9 Å². The normalized spacial score (nSPS) is 11.7. The molecule has 208 valence electrons.